The first kappa shape index (κ1) is 9.94. The van der Waals surface area contributed by atoms with Crippen LogP contribution >= 0.6 is 0 Å². The average molecular weight is 190 g/mol. The van der Waals surface area contributed by atoms with Crippen LogP contribution in [0.15, 0.2) is 0 Å². The molecule has 2 N–H and O–H groups in total. The molecule has 0 radical (unpaired) electrons. The highest BCUT2D eigenvalue weighted by atomic mass is 17.1. The zero-order chi connectivity index (χ0) is 9.84. The second-order valence-corrected chi connectivity index (χ2v) is 3.03. The molecule has 0 bridgehead atoms. The SMILES string of the molecule is O=C(OO)C1CCC(C(=O)OO)C1. The minimum atomic E-state index is -0.742. The van der Waals surface area contributed by atoms with Crippen molar-refractivity contribution in [3.8, 4) is 0 Å². The van der Waals surface area contributed by atoms with Gasteiger partial charge in [-0.2, -0.15) is 10.5 Å². The zero-order valence-corrected chi connectivity index (χ0v) is 6.80. The first-order valence-electron chi connectivity index (χ1n) is 3.89. The topological polar surface area (TPSA) is 93.1 Å². The van der Waals surface area contributed by atoms with Gasteiger partial charge in [0.05, 0.1) is 11.8 Å². The van der Waals surface area contributed by atoms with Crippen LogP contribution in [0.25, 0.3) is 0 Å². The van der Waals surface area contributed by atoms with Crippen molar-refractivity contribution in [1.29, 1.82) is 0 Å². The van der Waals surface area contributed by atoms with E-state index in [9.17, 15) is 9.59 Å². The fourth-order valence-electron chi connectivity index (χ4n) is 1.56. The summed E-state index contributed by atoms with van der Waals surface area (Å²) in [5.74, 6) is -2.44. The van der Waals surface area contributed by atoms with Crippen LogP contribution in [-0.4, -0.2) is 22.5 Å². The predicted octanol–water partition coefficient (Wildman–Crippen LogP) is 0.435. The van der Waals surface area contributed by atoms with Crippen molar-refractivity contribution in [3.63, 3.8) is 0 Å². The van der Waals surface area contributed by atoms with E-state index in [1.807, 2.05) is 0 Å². The molecular formula is C7H10O6. The molecule has 0 aromatic heterocycles. The van der Waals surface area contributed by atoms with E-state index < -0.39 is 23.8 Å². The Hall–Kier alpha value is -1.14. The summed E-state index contributed by atoms with van der Waals surface area (Å²) in [7, 11) is 0. The predicted molar refractivity (Wildman–Crippen MR) is 38.3 cm³/mol. The van der Waals surface area contributed by atoms with Gasteiger partial charge >= 0.3 is 11.9 Å². The molecule has 74 valence electrons. The summed E-state index contributed by atoms with van der Waals surface area (Å²) in [6.07, 6.45) is 1.16. The molecule has 1 saturated carbocycles. The molecule has 0 amide bonds. The molecule has 6 nitrogen and oxygen atoms in total. The molecule has 2 atom stereocenters. The van der Waals surface area contributed by atoms with Gasteiger partial charge in [0.1, 0.15) is 0 Å². The molecule has 0 aromatic carbocycles. The van der Waals surface area contributed by atoms with Crippen molar-refractivity contribution >= 4 is 11.9 Å². The Morgan fingerprint density at radius 3 is 1.69 bits per heavy atom. The van der Waals surface area contributed by atoms with Crippen molar-refractivity contribution in [1.82, 2.24) is 0 Å². The zero-order valence-electron chi connectivity index (χ0n) is 6.80. The Bertz CT molecular complexity index is 191. The van der Waals surface area contributed by atoms with Crippen molar-refractivity contribution in [3.05, 3.63) is 0 Å². The summed E-state index contributed by atoms with van der Waals surface area (Å²) in [6.45, 7) is 0. The van der Waals surface area contributed by atoms with E-state index in [-0.39, 0.29) is 6.42 Å². The number of hydrogen-bond donors (Lipinski definition) is 2. The van der Waals surface area contributed by atoms with Gasteiger partial charge in [-0.3, -0.25) is 0 Å². The molecule has 1 aliphatic carbocycles. The summed E-state index contributed by atoms with van der Waals surface area (Å²) in [4.78, 5) is 28.7. The highest BCUT2D eigenvalue weighted by molar-refractivity contribution is 5.76. The van der Waals surface area contributed by atoms with E-state index in [1.165, 1.54) is 0 Å². The summed E-state index contributed by atoms with van der Waals surface area (Å²) in [5.41, 5.74) is 0. The molecule has 0 spiro atoms. The van der Waals surface area contributed by atoms with Crippen LogP contribution in [0.4, 0.5) is 0 Å². The van der Waals surface area contributed by atoms with Crippen LogP contribution in [0.3, 0.4) is 0 Å². The van der Waals surface area contributed by atoms with Gasteiger partial charge in [-0.15, -0.1) is 0 Å². The second-order valence-electron chi connectivity index (χ2n) is 3.03. The fraction of sp³-hybridized carbons (Fsp3) is 0.714. The number of carbonyl (C=O) groups is 2. The average Bonchev–Trinajstić information content (AvgIpc) is 2.64. The maximum atomic E-state index is 10.8. The van der Waals surface area contributed by atoms with Crippen molar-refractivity contribution < 1.29 is 29.9 Å². The third kappa shape index (κ3) is 2.16. The Balaban J connectivity index is 2.44. The highest BCUT2D eigenvalue weighted by Gasteiger charge is 2.36. The third-order valence-electron chi connectivity index (χ3n) is 2.28. The van der Waals surface area contributed by atoms with E-state index in [2.05, 4.69) is 9.78 Å². The molecule has 0 aromatic rings. The quantitative estimate of drug-likeness (QED) is 0.484. The number of hydrogen-bond acceptors (Lipinski definition) is 6. The van der Waals surface area contributed by atoms with Crippen molar-refractivity contribution in [2.75, 3.05) is 0 Å². The van der Waals surface area contributed by atoms with Gasteiger partial charge in [0.15, 0.2) is 0 Å². The van der Waals surface area contributed by atoms with Crippen molar-refractivity contribution in [2.24, 2.45) is 11.8 Å². The van der Waals surface area contributed by atoms with E-state index in [0.717, 1.165) is 0 Å². The number of carbonyl (C=O) groups excluding carboxylic acids is 2. The Kier molecular flexibility index (Phi) is 3.21. The van der Waals surface area contributed by atoms with Crippen LogP contribution in [-0.2, 0) is 19.4 Å². The van der Waals surface area contributed by atoms with Gasteiger partial charge in [-0.05, 0) is 19.3 Å². The Morgan fingerprint density at radius 1 is 1.00 bits per heavy atom. The maximum Gasteiger partial charge on any atom is 0.345 e. The molecule has 0 heterocycles. The van der Waals surface area contributed by atoms with Crippen molar-refractivity contribution in [2.45, 2.75) is 19.3 Å². The standard InChI is InChI=1S/C7H10O6/c8-6(12-10)4-1-2-5(3-4)7(9)13-11/h4-5,10-11H,1-3H2. The van der Waals surface area contributed by atoms with Gasteiger partial charge in [-0.25, -0.2) is 9.59 Å². The highest BCUT2D eigenvalue weighted by Crippen LogP contribution is 2.32. The lowest BCUT2D eigenvalue weighted by atomic mass is 10.1. The summed E-state index contributed by atoms with van der Waals surface area (Å²) < 4.78 is 0. The molecule has 0 aliphatic heterocycles. The Labute approximate surface area is 73.9 Å². The minimum Gasteiger partial charge on any atom is -0.301 e. The molecular weight excluding hydrogens is 180 g/mol. The van der Waals surface area contributed by atoms with Gasteiger partial charge in [-0.1, -0.05) is 0 Å². The minimum absolute atomic E-state index is 0.249. The van der Waals surface area contributed by atoms with E-state index in [4.69, 9.17) is 10.5 Å². The molecule has 1 fully saturated rings. The summed E-state index contributed by atoms with van der Waals surface area (Å²) in [6, 6.07) is 0. The molecule has 6 heteroatoms. The monoisotopic (exact) mass is 190 g/mol. The molecule has 0 saturated heterocycles. The van der Waals surface area contributed by atoms with Crippen LogP contribution < -0.4 is 0 Å². The van der Waals surface area contributed by atoms with Crippen LogP contribution in [0, 0.1) is 11.8 Å². The van der Waals surface area contributed by atoms with Crippen LogP contribution in [0.1, 0.15) is 19.3 Å². The number of rotatable bonds is 2. The molecule has 1 aliphatic rings. The van der Waals surface area contributed by atoms with Crippen LogP contribution in [0.2, 0.25) is 0 Å². The summed E-state index contributed by atoms with van der Waals surface area (Å²) >= 11 is 0. The molecule has 1 rings (SSSR count). The van der Waals surface area contributed by atoms with E-state index in [0.29, 0.717) is 12.8 Å². The van der Waals surface area contributed by atoms with E-state index >= 15 is 0 Å². The second kappa shape index (κ2) is 4.20. The molecule has 2 unspecified atom stereocenters. The third-order valence-corrected chi connectivity index (χ3v) is 2.28. The van der Waals surface area contributed by atoms with E-state index in [1.54, 1.807) is 0 Å². The lowest BCUT2D eigenvalue weighted by Gasteiger charge is -2.04. The van der Waals surface area contributed by atoms with Crippen LogP contribution in [0.5, 0.6) is 0 Å². The normalized spacial score (nSPS) is 26.9. The smallest absolute Gasteiger partial charge is 0.301 e. The van der Waals surface area contributed by atoms with Gasteiger partial charge in [0.25, 0.3) is 0 Å². The Morgan fingerprint density at radius 2 is 1.38 bits per heavy atom. The fourth-order valence-corrected chi connectivity index (χ4v) is 1.56. The van der Waals surface area contributed by atoms with Gasteiger partial charge < -0.3 is 9.78 Å². The summed E-state index contributed by atoms with van der Waals surface area (Å²) in [5, 5.41) is 16.1. The first-order valence-corrected chi connectivity index (χ1v) is 3.89. The lowest BCUT2D eigenvalue weighted by Crippen LogP contribution is -2.17. The van der Waals surface area contributed by atoms with Gasteiger partial charge in [0, 0.05) is 0 Å². The molecule has 13 heavy (non-hydrogen) atoms. The largest absolute Gasteiger partial charge is 0.345 e. The maximum absolute atomic E-state index is 10.8. The lowest BCUT2D eigenvalue weighted by molar-refractivity contribution is -0.241. The van der Waals surface area contributed by atoms with Gasteiger partial charge in [0.2, 0.25) is 0 Å². The first-order chi connectivity index (χ1) is 6.19.